The number of carbonyl (C=O) groups is 1. The molecule has 0 radical (unpaired) electrons. The van der Waals surface area contributed by atoms with E-state index in [-0.39, 0.29) is 5.91 Å². The summed E-state index contributed by atoms with van der Waals surface area (Å²) in [6.07, 6.45) is 8.39. The number of hydrogen-bond acceptors (Lipinski definition) is 5. The summed E-state index contributed by atoms with van der Waals surface area (Å²) in [5.41, 5.74) is 3.76. The van der Waals surface area contributed by atoms with E-state index in [9.17, 15) is 4.79 Å². The molecule has 1 aliphatic rings. The molecular formula is C27H29N3OS3. The van der Waals surface area contributed by atoms with Crippen LogP contribution in [0, 0.1) is 0 Å². The van der Waals surface area contributed by atoms with Crippen molar-refractivity contribution < 1.29 is 4.79 Å². The number of hydrogen-bond donors (Lipinski definition) is 0. The van der Waals surface area contributed by atoms with Crippen molar-refractivity contribution >= 4 is 52.0 Å². The Kier molecular flexibility index (Phi) is 8.64. The number of thiocarbonyl (C=S) groups is 1. The highest BCUT2D eigenvalue weighted by atomic mass is 32.2. The first-order valence-corrected chi connectivity index (χ1v) is 14.0. The van der Waals surface area contributed by atoms with Gasteiger partial charge in [-0.25, -0.2) is 4.68 Å². The van der Waals surface area contributed by atoms with Crippen LogP contribution >= 0.6 is 35.7 Å². The molecule has 0 unspecified atom stereocenters. The van der Waals surface area contributed by atoms with Gasteiger partial charge in [-0.05, 0) is 42.5 Å². The lowest BCUT2D eigenvalue weighted by atomic mass is 10.1. The Morgan fingerprint density at radius 3 is 2.50 bits per heavy atom. The monoisotopic (exact) mass is 507 g/mol. The summed E-state index contributed by atoms with van der Waals surface area (Å²) in [5, 5.41) is 4.90. The maximum atomic E-state index is 13.1. The summed E-state index contributed by atoms with van der Waals surface area (Å²) < 4.78 is 2.52. The van der Waals surface area contributed by atoms with Crippen molar-refractivity contribution in [3.63, 3.8) is 0 Å². The molecule has 4 rings (SSSR count). The predicted molar refractivity (Wildman–Crippen MR) is 149 cm³/mol. The van der Waals surface area contributed by atoms with Crippen LogP contribution in [0.1, 0.15) is 45.1 Å². The van der Waals surface area contributed by atoms with E-state index in [0.29, 0.717) is 15.8 Å². The lowest BCUT2D eigenvalue weighted by Crippen LogP contribution is -2.29. The number of rotatable bonds is 10. The minimum Gasteiger partial charge on any atom is -0.293 e. The van der Waals surface area contributed by atoms with Crippen LogP contribution in [0.3, 0.4) is 0 Å². The number of aromatic nitrogens is 2. The SMILES string of the molecule is CCCCCCN1C(=O)C(=Cc2cn(-c3ccccc3)nc2-c2ccc(SCC)cc2)SC1=S. The van der Waals surface area contributed by atoms with E-state index in [1.54, 1.807) is 4.90 Å². The van der Waals surface area contributed by atoms with Crippen LogP contribution in [0.2, 0.25) is 0 Å². The fourth-order valence-corrected chi connectivity index (χ4v) is 5.80. The minimum atomic E-state index is -0.000367. The van der Waals surface area contributed by atoms with Crippen LogP contribution in [0.5, 0.6) is 0 Å². The Labute approximate surface area is 215 Å². The molecule has 1 aliphatic heterocycles. The molecule has 34 heavy (non-hydrogen) atoms. The summed E-state index contributed by atoms with van der Waals surface area (Å²) in [6.45, 7) is 5.03. The summed E-state index contributed by atoms with van der Waals surface area (Å²) in [4.78, 5) is 16.8. The molecule has 2 aromatic carbocycles. The van der Waals surface area contributed by atoms with Gasteiger partial charge < -0.3 is 0 Å². The second kappa shape index (κ2) is 11.9. The van der Waals surface area contributed by atoms with Crippen LogP contribution in [0.25, 0.3) is 23.0 Å². The zero-order chi connectivity index (χ0) is 23.9. The smallest absolute Gasteiger partial charge is 0.266 e. The lowest BCUT2D eigenvalue weighted by Gasteiger charge is -2.13. The second-order valence-electron chi connectivity index (χ2n) is 8.06. The van der Waals surface area contributed by atoms with E-state index < -0.39 is 0 Å². The number of amides is 1. The quantitative estimate of drug-likeness (QED) is 0.123. The average Bonchev–Trinajstić information content (AvgIpc) is 3.39. The normalized spacial score (nSPS) is 15.0. The van der Waals surface area contributed by atoms with Gasteiger partial charge in [-0.2, -0.15) is 5.10 Å². The first kappa shape index (κ1) is 24.8. The topological polar surface area (TPSA) is 38.1 Å². The zero-order valence-electron chi connectivity index (χ0n) is 19.6. The molecule has 0 N–H and O–H groups in total. The maximum absolute atomic E-state index is 13.1. The van der Waals surface area contributed by atoms with Crippen LogP contribution in [0.4, 0.5) is 0 Å². The van der Waals surface area contributed by atoms with Gasteiger partial charge in [-0.15, -0.1) is 11.8 Å². The maximum Gasteiger partial charge on any atom is 0.266 e. The molecule has 7 heteroatoms. The van der Waals surface area contributed by atoms with E-state index in [2.05, 4.69) is 38.1 Å². The molecule has 2 heterocycles. The molecule has 1 amide bonds. The van der Waals surface area contributed by atoms with Crippen molar-refractivity contribution in [1.82, 2.24) is 14.7 Å². The third-order valence-corrected chi connectivity index (χ3v) is 7.87. The summed E-state index contributed by atoms with van der Waals surface area (Å²) in [7, 11) is 0. The van der Waals surface area contributed by atoms with Crippen molar-refractivity contribution in [2.24, 2.45) is 0 Å². The largest absolute Gasteiger partial charge is 0.293 e. The third kappa shape index (κ3) is 5.82. The standard InChI is InChI=1S/C27H29N3OS3/c1-3-5-6-10-17-29-26(31)24(34-27(29)32)18-21-19-30(22-11-8-7-9-12-22)28-25(21)20-13-15-23(16-14-20)33-4-2/h7-9,11-16,18-19H,3-6,10,17H2,1-2H3. The summed E-state index contributed by atoms with van der Waals surface area (Å²) >= 11 is 8.74. The molecular weight excluding hydrogens is 479 g/mol. The second-order valence-corrected chi connectivity index (χ2v) is 11.1. The van der Waals surface area contributed by atoms with E-state index >= 15 is 0 Å². The van der Waals surface area contributed by atoms with Crippen LogP contribution in [0.15, 0.2) is 70.6 Å². The van der Waals surface area contributed by atoms with Crippen molar-refractivity contribution in [2.45, 2.75) is 44.4 Å². The Hall–Kier alpha value is -2.35. The Bertz CT molecular complexity index is 1170. The van der Waals surface area contributed by atoms with Gasteiger partial charge >= 0.3 is 0 Å². The number of thioether (sulfide) groups is 2. The van der Waals surface area contributed by atoms with Crippen molar-refractivity contribution in [3.8, 4) is 16.9 Å². The molecule has 0 saturated carbocycles. The Morgan fingerprint density at radius 2 is 1.79 bits per heavy atom. The molecule has 1 saturated heterocycles. The zero-order valence-corrected chi connectivity index (χ0v) is 22.0. The lowest BCUT2D eigenvalue weighted by molar-refractivity contribution is -0.122. The molecule has 0 spiro atoms. The van der Waals surface area contributed by atoms with Gasteiger partial charge in [0.05, 0.1) is 16.3 Å². The van der Waals surface area contributed by atoms with Crippen LogP contribution in [-0.2, 0) is 4.79 Å². The van der Waals surface area contributed by atoms with Gasteiger partial charge in [0, 0.05) is 28.8 Å². The van der Waals surface area contributed by atoms with Crippen LogP contribution < -0.4 is 0 Å². The molecule has 4 nitrogen and oxygen atoms in total. The number of benzene rings is 2. The Balaban J connectivity index is 1.66. The number of unbranched alkanes of at least 4 members (excludes halogenated alkanes) is 3. The number of para-hydroxylation sites is 1. The highest BCUT2D eigenvalue weighted by Crippen LogP contribution is 2.35. The van der Waals surface area contributed by atoms with Gasteiger partial charge in [0.25, 0.3) is 5.91 Å². The molecule has 0 aliphatic carbocycles. The number of nitrogens with zero attached hydrogens (tertiary/aromatic N) is 3. The van der Waals surface area contributed by atoms with Gasteiger partial charge in [0.15, 0.2) is 0 Å². The van der Waals surface area contributed by atoms with Gasteiger partial charge in [-0.1, -0.05) is 87.4 Å². The van der Waals surface area contributed by atoms with E-state index in [1.807, 2.05) is 59.0 Å². The van der Waals surface area contributed by atoms with E-state index in [0.717, 1.165) is 41.1 Å². The summed E-state index contributed by atoms with van der Waals surface area (Å²) in [5.74, 6) is 1.03. The van der Waals surface area contributed by atoms with Gasteiger partial charge in [0.1, 0.15) is 4.32 Å². The minimum absolute atomic E-state index is 0.000367. The van der Waals surface area contributed by atoms with Gasteiger partial charge in [0.2, 0.25) is 0 Å². The van der Waals surface area contributed by atoms with Crippen LogP contribution in [-0.4, -0.2) is 37.2 Å². The molecule has 1 fully saturated rings. The molecule has 3 aromatic rings. The van der Waals surface area contributed by atoms with Crippen molar-refractivity contribution in [2.75, 3.05) is 12.3 Å². The first-order valence-electron chi connectivity index (χ1n) is 11.7. The van der Waals surface area contributed by atoms with Gasteiger partial charge in [-0.3, -0.25) is 9.69 Å². The van der Waals surface area contributed by atoms with Crippen molar-refractivity contribution in [3.05, 3.63) is 71.3 Å². The molecule has 0 bridgehead atoms. The predicted octanol–water partition coefficient (Wildman–Crippen LogP) is 7.43. The van der Waals surface area contributed by atoms with Crippen molar-refractivity contribution in [1.29, 1.82) is 0 Å². The molecule has 0 atom stereocenters. The van der Waals surface area contributed by atoms with E-state index in [4.69, 9.17) is 17.3 Å². The molecule has 1 aromatic heterocycles. The average molecular weight is 508 g/mol. The summed E-state index contributed by atoms with van der Waals surface area (Å²) in [6, 6.07) is 18.5. The fourth-order valence-electron chi connectivity index (χ4n) is 3.84. The number of carbonyl (C=O) groups excluding carboxylic acids is 1. The fraction of sp³-hybridized carbons (Fsp3) is 0.296. The highest BCUT2D eigenvalue weighted by Gasteiger charge is 2.32. The highest BCUT2D eigenvalue weighted by molar-refractivity contribution is 8.26. The third-order valence-electron chi connectivity index (χ3n) is 5.60. The first-order chi connectivity index (χ1) is 16.6. The Morgan fingerprint density at radius 1 is 1.03 bits per heavy atom. The molecule has 176 valence electrons. The van der Waals surface area contributed by atoms with E-state index in [1.165, 1.54) is 29.5 Å².